The fourth-order valence-electron chi connectivity index (χ4n) is 4.93. The minimum Gasteiger partial charge on any atom is -0.361 e. The van der Waals surface area contributed by atoms with Crippen molar-refractivity contribution in [1.82, 2.24) is 5.16 Å². The molecule has 0 N–H and O–H groups in total. The average molecular weight is 309 g/mol. The van der Waals surface area contributed by atoms with Crippen LogP contribution in [0.2, 0.25) is 0 Å². The van der Waals surface area contributed by atoms with Crippen LogP contribution in [-0.4, -0.2) is 5.16 Å². The second-order valence-corrected chi connectivity index (χ2v) is 7.71. The first-order valence-electron chi connectivity index (χ1n) is 8.22. The van der Waals surface area contributed by atoms with Crippen LogP contribution in [0, 0.1) is 11.3 Å². The van der Waals surface area contributed by atoms with E-state index >= 15 is 0 Å². The van der Waals surface area contributed by atoms with Crippen LogP contribution < -0.4 is 0 Å². The van der Waals surface area contributed by atoms with E-state index in [1.54, 1.807) is 0 Å². The summed E-state index contributed by atoms with van der Waals surface area (Å²) in [5.74, 6) is 1.71. The molecule has 0 radical (unpaired) electrons. The van der Waals surface area contributed by atoms with E-state index in [9.17, 15) is 0 Å². The largest absolute Gasteiger partial charge is 0.361 e. The van der Waals surface area contributed by atoms with Crippen molar-refractivity contribution >= 4 is 5.57 Å². The van der Waals surface area contributed by atoms with Crippen molar-refractivity contribution in [3.63, 3.8) is 0 Å². The van der Waals surface area contributed by atoms with Crippen LogP contribution in [0.3, 0.4) is 0 Å². The van der Waals surface area contributed by atoms with Crippen LogP contribution >= 0.6 is 0 Å². The number of fused-ring (bicyclic) bond motifs is 2. The standard InChI is InChI=1S/C20H23NO.CH4/c1-19(2)17-10-9-15(14-7-5-4-6-8-14)11-20(17,3)12-16-13-21-22-18(16)19;/h4-8,11,13,17H,9-10,12H2,1-3H3;1H4. The third kappa shape index (κ3) is 2.36. The summed E-state index contributed by atoms with van der Waals surface area (Å²) in [6.45, 7) is 7.05. The zero-order valence-corrected chi connectivity index (χ0v) is 13.6. The highest BCUT2D eigenvalue weighted by atomic mass is 16.5. The normalized spacial score (nSPS) is 28.1. The Balaban J connectivity index is 0.00000156. The first-order valence-corrected chi connectivity index (χ1v) is 8.22. The molecule has 0 fully saturated rings. The van der Waals surface area contributed by atoms with Gasteiger partial charge < -0.3 is 4.52 Å². The topological polar surface area (TPSA) is 26.0 Å². The van der Waals surface area contributed by atoms with Gasteiger partial charge in [0.1, 0.15) is 5.76 Å². The molecular weight excluding hydrogens is 282 g/mol. The zero-order chi connectivity index (χ0) is 15.4. The van der Waals surface area contributed by atoms with E-state index in [1.165, 1.54) is 23.1 Å². The van der Waals surface area contributed by atoms with Gasteiger partial charge in [-0.3, -0.25) is 0 Å². The molecule has 1 aromatic heterocycles. The summed E-state index contributed by atoms with van der Waals surface area (Å²) in [5.41, 5.74) is 4.39. The molecular formula is C21H27NO. The minimum absolute atomic E-state index is 0. The van der Waals surface area contributed by atoms with Crippen LogP contribution in [0.4, 0.5) is 0 Å². The lowest BCUT2D eigenvalue weighted by molar-refractivity contribution is 0.0963. The number of allylic oxidation sites excluding steroid dienone is 2. The third-order valence-electron chi connectivity index (χ3n) is 5.82. The smallest absolute Gasteiger partial charge is 0.145 e. The zero-order valence-electron chi connectivity index (χ0n) is 13.6. The molecule has 2 atom stereocenters. The number of nitrogens with zero attached hydrogens (tertiary/aromatic N) is 1. The van der Waals surface area contributed by atoms with Gasteiger partial charge in [0.2, 0.25) is 0 Å². The Bertz CT molecular complexity index is 725. The summed E-state index contributed by atoms with van der Waals surface area (Å²) < 4.78 is 5.61. The lowest BCUT2D eigenvalue weighted by atomic mass is 9.53. The molecule has 2 heteroatoms. The molecule has 0 spiro atoms. The molecule has 122 valence electrons. The molecule has 1 heterocycles. The molecule has 1 aromatic carbocycles. The van der Waals surface area contributed by atoms with Crippen molar-refractivity contribution in [1.29, 1.82) is 0 Å². The second-order valence-electron chi connectivity index (χ2n) is 7.71. The van der Waals surface area contributed by atoms with Gasteiger partial charge in [-0.15, -0.1) is 0 Å². The van der Waals surface area contributed by atoms with Gasteiger partial charge in [0.15, 0.2) is 0 Å². The maximum absolute atomic E-state index is 5.61. The lowest BCUT2D eigenvalue weighted by Gasteiger charge is -2.50. The highest BCUT2D eigenvalue weighted by Gasteiger charge is 2.51. The summed E-state index contributed by atoms with van der Waals surface area (Å²) in [4.78, 5) is 0. The molecule has 0 saturated carbocycles. The van der Waals surface area contributed by atoms with Gasteiger partial charge in [0.25, 0.3) is 0 Å². The highest BCUT2D eigenvalue weighted by Crippen LogP contribution is 2.56. The number of benzene rings is 1. The summed E-state index contributed by atoms with van der Waals surface area (Å²) in [6, 6.07) is 10.8. The Morgan fingerprint density at radius 1 is 1.13 bits per heavy atom. The van der Waals surface area contributed by atoms with E-state index in [2.05, 4.69) is 62.3 Å². The Hall–Kier alpha value is -1.83. The number of hydrogen-bond donors (Lipinski definition) is 0. The molecule has 23 heavy (non-hydrogen) atoms. The van der Waals surface area contributed by atoms with Crippen LogP contribution in [0.1, 0.15) is 57.9 Å². The molecule has 0 aliphatic heterocycles. The van der Waals surface area contributed by atoms with Gasteiger partial charge in [-0.1, -0.05) is 69.8 Å². The van der Waals surface area contributed by atoms with E-state index in [0.717, 1.165) is 18.6 Å². The monoisotopic (exact) mass is 309 g/mol. The van der Waals surface area contributed by atoms with Crippen molar-refractivity contribution < 1.29 is 4.52 Å². The van der Waals surface area contributed by atoms with Crippen molar-refractivity contribution in [2.24, 2.45) is 11.3 Å². The summed E-state index contributed by atoms with van der Waals surface area (Å²) >= 11 is 0. The van der Waals surface area contributed by atoms with Crippen molar-refractivity contribution in [2.45, 2.75) is 52.9 Å². The molecule has 0 bridgehead atoms. The highest BCUT2D eigenvalue weighted by molar-refractivity contribution is 5.67. The predicted octanol–water partition coefficient (Wildman–Crippen LogP) is 5.64. The minimum atomic E-state index is 0. The molecule has 2 nitrogen and oxygen atoms in total. The average Bonchev–Trinajstić information content (AvgIpc) is 2.96. The van der Waals surface area contributed by atoms with E-state index in [-0.39, 0.29) is 18.3 Å². The van der Waals surface area contributed by atoms with Crippen molar-refractivity contribution in [3.05, 3.63) is 59.5 Å². The lowest BCUT2D eigenvalue weighted by Crippen LogP contribution is -2.46. The Labute approximate surface area is 139 Å². The second kappa shape index (κ2) is 5.36. The van der Waals surface area contributed by atoms with Gasteiger partial charge in [0.05, 0.1) is 6.20 Å². The van der Waals surface area contributed by atoms with Crippen LogP contribution in [-0.2, 0) is 11.8 Å². The predicted molar refractivity (Wildman–Crippen MR) is 95.2 cm³/mol. The summed E-state index contributed by atoms with van der Waals surface area (Å²) in [6.07, 6.45) is 7.86. The maximum Gasteiger partial charge on any atom is 0.145 e. The SMILES string of the molecule is C.CC12C=C(c3ccccc3)CCC1C(C)(C)c1oncc1C2. The van der Waals surface area contributed by atoms with Gasteiger partial charge in [-0.25, -0.2) is 0 Å². The summed E-state index contributed by atoms with van der Waals surface area (Å²) in [5, 5.41) is 4.07. The Kier molecular flexibility index (Phi) is 3.74. The number of rotatable bonds is 1. The fraction of sp³-hybridized carbons (Fsp3) is 0.476. The van der Waals surface area contributed by atoms with E-state index < -0.39 is 0 Å². The van der Waals surface area contributed by atoms with Crippen molar-refractivity contribution in [2.75, 3.05) is 0 Å². The Morgan fingerprint density at radius 2 is 1.87 bits per heavy atom. The van der Waals surface area contributed by atoms with Crippen LogP contribution in [0.25, 0.3) is 5.57 Å². The number of aromatic nitrogens is 1. The van der Waals surface area contributed by atoms with E-state index in [4.69, 9.17) is 4.52 Å². The van der Waals surface area contributed by atoms with Crippen LogP contribution in [0.15, 0.2) is 47.1 Å². The third-order valence-corrected chi connectivity index (χ3v) is 5.82. The van der Waals surface area contributed by atoms with Gasteiger partial charge in [-0.05, 0) is 41.7 Å². The molecule has 2 aliphatic carbocycles. The molecule has 0 amide bonds. The fourth-order valence-corrected chi connectivity index (χ4v) is 4.93. The van der Waals surface area contributed by atoms with Gasteiger partial charge in [0, 0.05) is 11.0 Å². The maximum atomic E-state index is 5.61. The van der Waals surface area contributed by atoms with E-state index in [0.29, 0.717) is 5.92 Å². The van der Waals surface area contributed by atoms with Gasteiger partial charge >= 0.3 is 0 Å². The molecule has 4 rings (SSSR count). The summed E-state index contributed by atoms with van der Waals surface area (Å²) in [7, 11) is 0. The molecule has 2 aromatic rings. The first kappa shape index (κ1) is 16.0. The molecule has 0 saturated heterocycles. The van der Waals surface area contributed by atoms with Crippen molar-refractivity contribution in [3.8, 4) is 0 Å². The van der Waals surface area contributed by atoms with E-state index in [1.807, 2.05) is 6.20 Å². The Morgan fingerprint density at radius 3 is 2.61 bits per heavy atom. The van der Waals surface area contributed by atoms with Crippen LogP contribution in [0.5, 0.6) is 0 Å². The van der Waals surface area contributed by atoms with Gasteiger partial charge in [-0.2, -0.15) is 0 Å². The number of hydrogen-bond acceptors (Lipinski definition) is 2. The molecule has 2 aliphatic rings. The quantitative estimate of drug-likeness (QED) is 0.681. The first-order chi connectivity index (χ1) is 10.5. The molecule has 2 unspecified atom stereocenters.